The molecule has 0 spiro atoms. The summed E-state index contributed by atoms with van der Waals surface area (Å²) in [4.78, 5) is 12.2. The lowest BCUT2D eigenvalue weighted by Crippen LogP contribution is -2.11. The number of hydrogen-bond donors (Lipinski definition) is 1. The summed E-state index contributed by atoms with van der Waals surface area (Å²) in [7, 11) is 0. The fourth-order valence-electron chi connectivity index (χ4n) is 2.17. The summed E-state index contributed by atoms with van der Waals surface area (Å²) in [6, 6.07) is 14.5. The highest BCUT2D eigenvalue weighted by Gasteiger charge is 2.14. The van der Waals surface area contributed by atoms with Gasteiger partial charge in [0.05, 0.1) is 0 Å². The zero-order chi connectivity index (χ0) is 16.4. The van der Waals surface area contributed by atoms with Crippen molar-refractivity contribution in [1.29, 1.82) is 0 Å². The quantitative estimate of drug-likeness (QED) is 0.747. The Kier molecular flexibility index (Phi) is 4.17. The summed E-state index contributed by atoms with van der Waals surface area (Å²) in [5.41, 5.74) is 4.08. The molecule has 0 fully saturated rings. The van der Waals surface area contributed by atoms with E-state index < -0.39 is 0 Å². The second kappa shape index (κ2) is 6.26. The van der Waals surface area contributed by atoms with Gasteiger partial charge < -0.3 is 9.84 Å². The van der Waals surface area contributed by atoms with Crippen LogP contribution in [0.4, 0.5) is 5.69 Å². The van der Waals surface area contributed by atoms with Crippen LogP contribution in [0.3, 0.4) is 0 Å². The molecule has 0 saturated heterocycles. The van der Waals surface area contributed by atoms with Gasteiger partial charge in [-0.25, -0.2) is 0 Å². The van der Waals surface area contributed by atoms with Crippen molar-refractivity contribution in [1.82, 2.24) is 5.16 Å². The first-order valence-corrected chi connectivity index (χ1v) is 7.52. The maximum absolute atomic E-state index is 12.2. The number of halogens is 1. The van der Waals surface area contributed by atoms with E-state index >= 15 is 0 Å². The summed E-state index contributed by atoms with van der Waals surface area (Å²) >= 11 is 5.90. The van der Waals surface area contributed by atoms with Crippen LogP contribution in [-0.4, -0.2) is 11.1 Å². The normalized spacial score (nSPS) is 10.6. The van der Waals surface area contributed by atoms with Crippen molar-refractivity contribution >= 4 is 23.2 Å². The Morgan fingerprint density at radius 2 is 1.91 bits per heavy atom. The Morgan fingerprint density at radius 3 is 2.65 bits per heavy atom. The van der Waals surface area contributed by atoms with E-state index in [1.165, 1.54) is 5.56 Å². The van der Waals surface area contributed by atoms with Crippen molar-refractivity contribution in [3.63, 3.8) is 0 Å². The molecule has 1 heterocycles. The summed E-state index contributed by atoms with van der Waals surface area (Å²) in [6.45, 7) is 4.07. The zero-order valence-corrected chi connectivity index (χ0v) is 13.5. The average molecular weight is 327 g/mol. The molecular formula is C18H15ClN2O2. The molecule has 3 rings (SSSR count). The van der Waals surface area contributed by atoms with Crippen molar-refractivity contribution in [2.24, 2.45) is 0 Å². The number of carbonyl (C=O) groups is 1. The molecular weight excluding hydrogens is 312 g/mol. The highest BCUT2D eigenvalue weighted by atomic mass is 35.5. The van der Waals surface area contributed by atoms with Gasteiger partial charge in [0, 0.05) is 22.3 Å². The first kappa shape index (κ1) is 15.3. The molecule has 0 aliphatic rings. The topological polar surface area (TPSA) is 55.1 Å². The number of carbonyl (C=O) groups excluding carboxylic acids is 1. The van der Waals surface area contributed by atoms with Gasteiger partial charge >= 0.3 is 0 Å². The molecule has 3 aromatic rings. The molecule has 0 unspecified atom stereocenters. The summed E-state index contributed by atoms with van der Waals surface area (Å²) in [5, 5.41) is 7.14. The van der Waals surface area contributed by atoms with Crippen LogP contribution < -0.4 is 5.32 Å². The molecule has 1 amide bonds. The summed E-state index contributed by atoms with van der Waals surface area (Å²) < 4.78 is 5.29. The van der Waals surface area contributed by atoms with Gasteiger partial charge in [-0.3, -0.25) is 4.79 Å². The Balaban J connectivity index is 1.81. The van der Waals surface area contributed by atoms with Crippen LogP contribution >= 0.6 is 11.6 Å². The highest BCUT2D eigenvalue weighted by molar-refractivity contribution is 6.30. The van der Waals surface area contributed by atoms with Crippen LogP contribution in [0.1, 0.15) is 21.6 Å². The molecule has 0 atom stereocenters. The zero-order valence-electron chi connectivity index (χ0n) is 12.8. The third-order valence-corrected chi connectivity index (χ3v) is 3.85. The number of rotatable bonds is 3. The van der Waals surface area contributed by atoms with E-state index in [1.807, 2.05) is 32.0 Å². The van der Waals surface area contributed by atoms with Gasteiger partial charge in [0.1, 0.15) is 0 Å². The second-order valence-corrected chi connectivity index (χ2v) is 5.78. The molecule has 116 valence electrons. The minimum absolute atomic E-state index is 0.221. The second-order valence-electron chi connectivity index (χ2n) is 5.34. The van der Waals surface area contributed by atoms with E-state index in [9.17, 15) is 4.79 Å². The Labute approximate surface area is 139 Å². The maximum Gasteiger partial charge on any atom is 0.277 e. The fourth-order valence-corrected chi connectivity index (χ4v) is 2.36. The largest absolute Gasteiger partial charge is 0.355 e. The van der Waals surface area contributed by atoms with Gasteiger partial charge in [0.2, 0.25) is 0 Å². The number of nitrogens with zero attached hydrogens (tertiary/aromatic N) is 1. The number of benzene rings is 2. The molecule has 0 aliphatic carbocycles. The van der Waals surface area contributed by atoms with Gasteiger partial charge in [-0.2, -0.15) is 0 Å². The smallest absolute Gasteiger partial charge is 0.277 e. The van der Waals surface area contributed by atoms with Crippen LogP contribution in [0.5, 0.6) is 0 Å². The molecule has 2 aromatic carbocycles. The summed E-state index contributed by atoms with van der Waals surface area (Å²) in [5.74, 6) is 0.218. The van der Waals surface area contributed by atoms with Gasteiger partial charge in [-0.15, -0.1) is 0 Å². The lowest BCUT2D eigenvalue weighted by molar-refractivity contribution is 0.101. The molecule has 0 radical (unpaired) electrons. The monoisotopic (exact) mass is 326 g/mol. The highest BCUT2D eigenvalue weighted by Crippen LogP contribution is 2.23. The molecule has 0 saturated carbocycles. The van der Waals surface area contributed by atoms with Crippen molar-refractivity contribution < 1.29 is 9.32 Å². The molecule has 5 heteroatoms. The minimum atomic E-state index is -0.342. The predicted octanol–water partition coefficient (Wildman–Crippen LogP) is 4.86. The molecule has 1 aromatic heterocycles. The number of hydrogen-bond acceptors (Lipinski definition) is 3. The van der Waals surface area contributed by atoms with E-state index in [-0.39, 0.29) is 11.6 Å². The van der Waals surface area contributed by atoms with Crippen LogP contribution in [0.15, 0.2) is 53.1 Å². The van der Waals surface area contributed by atoms with E-state index in [0.717, 1.165) is 11.1 Å². The van der Waals surface area contributed by atoms with Crippen molar-refractivity contribution in [3.05, 3.63) is 70.4 Å². The average Bonchev–Trinajstić information content (AvgIpc) is 3.00. The number of aryl methyl sites for hydroxylation is 2. The lowest BCUT2D eigenvalue weighted by atomic mass is 10.0. The summed E-state index contributed by atoms with van der Waals surface area (Å²) in [6.07, 6.45) is 0. The first-order valence-electron chi connectivity index (χ1n) is 7.14. The first-order chi connectivity index (χ1) is 11.0. The van der Waals surface area contributed by atoms with Crippen molar-refractivity contribution in [2.45, 2.75) is 13.8 Å². The molecule has 1 N–H and O–H groups in total. The Morgan fingerprint density at radius 1 is 1.09 bits per heavy atom. The van der Waals surface area contributed by atoms with E-state index in [4.69, 9.17) is 16.1 Å². The number of aromatic nitrogens is 1. The Bertz CT molecular complexity index is 871. The van der Waals surface area contributed by atoms with E-state index in [1.54, 1.807) is 30.3 Å². The molecule has 0 aliphatic heterocycles. The van der Waals surface area contributed by atoms with Crippen molar-refractivity contribution in [2.75, 3.05) is 5.32 Å². The fraction of sp³-hybridized carbons (Fsp3) is 0.111. The van der Waals surface area contributed by atoms with Crippen LogP contribution in [-0.2, 0) is 0 Å². The number of anilines is 1. The molecule has 4 nitrogen and oxygen atoms in total. The molecule has 0 bridgehead atoms. The molecule has 23 heavy (non-hydrogen) atoms. The predicted molar refractivity (Wildman–Crippen MR) is 90.8 cm³/mol. The van der Waals surface area contributed by atoms with Crippen LogP contribution in [0, 0.1) is 13.8 Å². The van der Waals surface area contributed by atoms with Gasteiger partial charge in [-0.1, -0.05) is 35.0 Å². The minimum Gasteiger partial charge on any atom is -0.355 e. The standard InChI is InChI=1S/C18H15ClN2O2/c1-11-6-7-13(8-12(11)2)17-10-16(21-23-17)18(22)20-15-5-3-4-14(19)9-15/h3-10H,1-2H3,(H,20,22). The van der Waals surface area contributed by atoms with E-state index in [0.29, 0.717) is 16.5 Å². The number of nitrogens with one attached hydrogen (secondary N) is 1. The third kappa shape index (κ3) is 3.43. The van der Waals surface area contributed by atoms with Crippen molar-refractivity contribution in [3.8, 4) is 11.3 Å². The SMILES string of the molecule is Cc1ccc(-c2cc(C(=O)Nc3cccc(Cl)c3)no2)cc1C. The lowest BCUT2D eigenvalue weighted by Gasteiger charge is -2.02. The van der Waals surface area contributed by atoms with Gasteiger partial charge in [-0.05, 0) is 49.2 Å². The van der Waals surface area contributed by atoms with Gasteiger partial charge in [0.15, 0.2) is 11.5 Å². The number of amides is 1. The third-order valence-electron chi connectivity index (χ3n) is 3.62. The maximum atomic E-state index is 12.2. The van der Waals surface area contributed by atoms with E-state index in [2.05, 4.69) is 10.5 Å². The van der Waals surface area contributed by atoms with Crippen LogP contribution in [0.25, 0.3) is 11.3 Å². The Hall–Kier alpha value is -2.59. The van der Waals surface area contributed by atoms with Gasteiger partial charge in [0.25, 0.3) is 5.91 Å². The van der Waals surface area contributed by atoms with Crippen LogP contribution in [0.2, 0.25) is 5.02 Å².